The summed E-state index contributed by atoms with van der Waals surface area (Å²) in [7, 11) is 0. The number of azide groups is 1. The van der Waals surface area contributed by atoms with Crippen molar-refractivity contribution in [3.05, 3.63) is 20.9 Å². The molecule has 0 aliphatic carbocycles. The van der Waals surface area contributed by atoms with E-state index in [2.05, 4.69) is 20.1 Å². The predicted molar refractivity (Wildman–Crippen MR) is 63.4 cm³/mol. The van der Waals surface area contributed by atoms with E-state index < -0.39 is 17.4 Å². The van der Waals surface area contributed by atoms with Crippen LogP contribution >= 0.6 is 0 Å². The second-order valence-electron chi connectivity index (χ2n) is 5.01. The first-order chi connectivity index (χ1) is 8.32. The summed E-state index contributed by atoms with van der Waals surface area (Å²) in [6.07, 6.45) is -0.217. The van der Waals surface area contributed by atoms with Crippen molar-refractivity contribution in [3.8, 4) is 0 Å². The molecule has 0 aromatic carbocycles. The third-order valence-electron chi connectivity index (χ3n) is 2.34. The van der Waals surface area contributed by atoms with Crippen LogP contribution in [0.2, 0.25) is 0 Å². The summed E-state index contributed by atoms with van der Waals surface area (Å²) in [5.74, 6) is 0. The maximum atomic E-state index is 11.8. The monoisotopic (exact) mass is 253 g/mol. The molecule has 1 heterocycles. The number of nitrogens with zero attached hydrogens (tertiary/aromatic N) is 7. The third kappa shape index (κ3) is 3.44. The lowest BCUT2D eigenvalue weighted by Gasteiger charge is -2.25. The smallest absolute Gasteiger partial charge is 0.410 e. The molecular weight excluding hydrogens is 238 g/mol. The second-order valence-corrected chi connectivity index (χ2v) is 5.01. The minimum absolute atomic E-state index is 0.0377. The van der Waals surface area contributed by atoms with E-state index in [4.69, 9.17) is 15.8 Å². The van der Waals surface area contributed by atoms with Crippen molar-refractivity contribution in [2.75, 3.05) is 13.1 Å². The van der Waals surface area contributed by atoms with Gasteiger partial charge in [-0.2, -0.15) is 0 Å². The Bertz CT molecular complexity index is 411. The van der Waals surface area contributed by atoms with Crippen LogP contribution in [0.1, 0.15) is 27.2 Å². The fourth-order valence-electron chi connectivity index (χ4n) is 1.61. The zero-order valence-corrected chi connectivity index (χ0v) is 10.6. The highest BCUT2D eigenvalue weighted by atomic mass is 16.6. The van der Waals surface area contributed by atoms with Crippen LogP contribution < -0.4 is 0 Å². The fraction of sp³-hybridized carbons (Fsp3) is 0.889. The van der Waals surface area contributed by atoms with Gasteiger partial charge in [0.15, 0.2) is 0 Å². The number of carbonyl (C=O) groups is 1. The Morgan fingerprint density at radius 1 is 1.33 bits per heavy atom. The first kappa shape index (κ1) is 14.0. The van der Waals surface area contributed by atoms with Crippen LogP contribution in [-0.4, -0.2) is 35.3 Å². The van der Waals surface area contributed by atoms with Crippen LogP contribution in [-0.2, 0) is 4.74 Å². The fourth-order valence-corrected chi connectivity index (χ4v) is 1.61. The van der Waals surface area contributed by atoms with Crippen LogP contribution in [0.15, 0.2) is 10.2 Å². The Labute approximate surface area is 104 Å². The van der Waals surface area contributed by atoms with Gasteiger partial charge in [-0.25, -0.2) is 4.79 Å². The van der Waals surface area contributed by atoms with Gasteiger partial charge in [0.1, 0.15) is 11.3 Å². The molecule has 1 aliphatic heterocycles. The Morgan fingerprint density at radius 2 is 1.89 bits per heavy atom. The number of hydrogen-bond acceptors (Lipinski definition) is 4. The van der Waals surface area contributed by atoms with Crippen LogP contribution in [0, 0.1) is 0 Å². The third-order valence-corrected chi connectivity index (χ3v) is 2.34. The van der Waals surface area contributed by atoms with E-state index in [1.54, 1.807) is 20.8 Å². The van der Waals surface area contributed by atoms with E-state index in [1.807, 2.05) is 0 Å². The average Bonchev–Trinajstić information content (AvgIpc) is 2.61. The lowest BCUT2D eigenvalue weighted by Crippen LogP contribution is -2.37. The van der Waals surface area contributed by atoms with Gasteiger partial charge in [0.2, 0.25) is 0 Å². The van der Waals surface area contributed by atoms with E-state index in [1.165, 1.54) is 4.90 Å². The summed E-state index contributed by atoms with van der Waals surface area (Å²) in [6.45, 7) is 5.64. The lowest BCUT2D eigenvalue weighted by molar-refractivity contribution is 0.0285. The minimum atomic E-state index is -1.24. The summed E-state index contributed by atoms with van der Waals surface area (Å²) in [5, 5.41) is 6.97. The summed E-state index contributed by atoms with van der Waals surface area (Å²) in [4.78, 5) is 18.5. The first-order valence-electron chi connectivity index (χ1n) is 5.42. The average molecular weight is 253 g/mol. The van der Waals surface area contributed by atoms with Gasteiger partial charge in [-0.3, -0.25) is 0 Å². The largest absolute Gasteiger partial charge is 0.444 e. The number of rotatable bonds is 2. The summed E-state index contributed by atoms with van der Waals surface area (Å²) < 4.78 is 5.19. The normalized spacial score (nSPS) is 22.9. The van der Waals surface area contributed by atoms with Gasteiger partial charge in [-0.05, 0) is 38.3 Å². The van der Waals surface area contributed by atoms with Gasteiger partial charge >= 0.3 is 6.09 Å². The van der Waals surface area contributed by atoms with E-state index in [9.17, 15) is 4.79 Å². The molecule has 9 heteroatoms. The molecule has 1 rings (SSSR count). The molecule has 0 radical (unpaired) electrons. The molecule has 0 aromatic heterocycles. The van der Waals surface area contributed by atoms with Gasteiger partial charge < -0.3 is 9.64 Å². The molecule has 0 unspecified atom stereocenters. The molecule has 0 saturated carbocycles. The van der Waals surface area contributed by atoms with Crippen molar-refractivity contribution >= 4 is 6.09 Å². The molecule has 0 spiro atoms. The van der Waals surface area contributed by atoms with E-state index in [0.29, 0.717) is 13.0 Å². The van der Waals surface area contributed by atoms with Gasteiger partial charge in [0, 0.05) is 22.9 Å². The zero-order chi connectivity index (χ0) is 13.8. The topological polar surface area (TPSA) is 127 Å². The molecule has 0 atom stereocenters. The number of carbonyl (C=O) groups excluding carboxylic acids is 1. The quantitative estimate of drug-likeness (QED) is 0.426. The van der Waals surface area contributed by atoms with Gasteiger partial charge in [-0.15, -0.1) is 0 Å². The molecule has 0 N–H and O–H groups in total. The predicted octanol–water partition coefficient (Wildman–Crippen LogP) is 2.94. The summed E-state index contributed by atoms with van der Waals surface area (Å²) in [5.41, 5.74) is 15.1. The molecule has 98 valence electrons. The number of hydrogen-bond donors (Lipinski definition) is 0. The van der Waals surface area contributed by atoms with Crippen molar-refractivity contribution in [1.29, 1.82) is 0 Å². The van der Waals surface area contributed by atoms with Crippen molar-refractivity contribution in [2.24, 2.45) is 10.2 Å². The van der Waals surface area contributed by atoms with Gasteiger partial charge in [0.25, 0.3) is 0 Å². The van der Waals surface area contributed by atoms with Crippen molar-refractivity contribution < 1.29 is 9.53 Å². The van der Waals surface area contributed by atoms with Crippen LogP contribution in [0.3, 0.4) is 0 Å². The Morgan fingerprint density at radius 3 is 2.33 bits per heavy atom. The first-order valence-corrected chi connectivity index (χ1v) is 5.42. The Balaban J connectivity index is 2.78. The number of likely N-dealkylation sites (tertiary alicyclic amines) is 1. The molecule has 1 fully saturated rings. The Kier molecular flexibility index (Phi) is 3.90. The van der Waals surface area contributed by atoms with Crippen molar-refractivity contribution in [1.82, 2.24) is 4.90 Å². The molecule has 0 bridgehead atoms. The summed E-state index contributed by atoms with van der Waals surface area (Å²) in [6, 6.07) is 0. The standard InChI is InChI=1S/C9H15N7O2/c1-8(2,3)18-7(17)16-5-4-9(6-16,12-14-10)13-15-11/h4-6H2,1-3H3. The van der Waals surface area contributed by atoms with Crippen molar-refractivity contribution in [2.45, 2.75) is 38.5 Å². The maximum absolute atomic E-state index is 11.8. The van der Waals surface area contributed by atoms with Crippen LogP contribution in [0.5, 0.6) is 0 Å². The number of amides is 1. The molecular formula is C9H15N7O2. The molecule has 18 heavy (non-hydrogen) atoms. The molecule has 1 aliphatic rings. The Hall–Kier alpha value is -2.11. The van der Waals surface area contributed by atoms with Crippen molar-refractivity contribution in [3.63, 3.8) is 0 Å². The van der Waals surface area contributed by atoms with E-state index >= 15 is 0 Å². The zero-order valence-electron chi connectivity index (χ0n) is 10.6. The molecule has 1 saturated heterocycles. The number of ether oxygens (including phenoxy) is 1. The molecule has 9 nitrogen and oxygen atoms in total. The minimum Gasteiger partial charge on any atom is -0.444 e. The highest BCUT2D eigenvalue weighted by Gasteiger charge is 2.40. The highest BCUT2D eigenvalue weighted by molar-refractivity contribution is 5.68. The van der Waals surface area contributed by atoms with Crippen LogP contribution in [0.25, 0.3) is 20.9 Å². The highest BCUT2D eigenvalue weighted by Crippen LogP contribution is 2.28. The van der Waals surface area contributed by atoms with E-state index in [-0.39, 0.29) is 6.54 Å². The molecule has 1 amide bonds. The van der Waals surface area contributed by atoms with Gasteiger partial charge in [0.05, 0.1) is 0 Å². The summed E-state index contributed by atoms with van der Waals surface area (Å²) >= 11 is 0. The SMILES string of the molecule is CC(C)(C)OC(=O)N1CCC(N=[N+]=[N-])(N=[N+]=[N-])C1. The lowest BCUT2D eigenvalue weighted by atomic mass is 10.2. The van der Waals surface area contributed by atoms with Gasteiger partial charge in [-0.1, -0.05) is 10.2 Å². The second kappa shape index (κ2) is 5.03. The van der Waals surface area contributed by atoms with Crippen LogP contribution in [0.4, 0.5) is 4.79 Å². The maximum Gasteiger partial charge on any atom is 0.410 e. The molecule has 0 aromatic rings. The van der Waals surface area contributed by atoms with E-state index in [0.717, 1.165) is 0 Å².